The van der Waals surface area contributed by atoms with Crippen molar-refractivity contribution in [3.8, 4) is 5.75 Å². The highest BCUT2D eigenvalue weighted by molar-refractivity contribution is 5.76. The fourth-order valence-corrected chi connectivity index (χ4v) is 2.48. The second-order valence-corrected chi connectivity index (χ2v) is 6.64. The van der Waals surface area contributed by atoms with E-state index < -0.39 is 0 Å². The zero-order valence-electron chi connectivity index (χ0n) is 15.1. The van der Waals surface area contributed by atoms with Gasteiger partial charge in [-0.05, 0) is 24.0 Å². The van der Waals surface area contributed by atoms with Crippen LogP contribution in [0, 0.1) is 5.92 Å². The molecule has 4 heteroatoms. The molecule has 4 nitrogen and oxygen atoms in total. The second-order valence-electron chi connectivity index (χ2n) is 6.64. The zero-order valence-corrected chi connectivity index (χ0v) is 15.1. The molecule has 0 bridgehead atoms. The minimum atomic E-state index is -0.293. The molecule has 2 aromatic carbocycles. The number of rotatable bonds is 9. The van der Waals surface area contributed by atoms with Crippen LogP contribution in [0.15, 0.2) is 54.6 Å². The first kappa shape index (κ1) is 19.0. The molecule has 3 N–H and O–H groups in total. The summed E-state index contributed by atoms with van der Waals surface area (Å²) in [7, 11) is 0. The molecule has 1 amide bonds. The number of ether oxygens (including phenoxy) is 1. The highest BCUT2D eigenvalue weighted by Crippen LogP contribution is 2.19. The summed E-state index contributed by atoms with van der Waals surface area (Å²) in [4.78, 5) is 12.2. The van der Waals surface area contributed by atoms with E-state index in [2.05, 4.69) is 19.2 Å². The van der Waals surface area contributed by atoms with E-state index in [4.69, 9.17) is 10.5 Å². The monoisotopic (exact) mass is 340 g/mol. The van der Waals surface area contributed by atoms with Gasteiger partial charge in [-0.2, -0.15) is 0 Å². The van der Waals surface area contributed by atoms with E-state index in [0.29, 0.717) is 19.1 Å². The molecule has 1 atom stereocenters. The summed E-state index contributed by atoms with van der Waals surface area (Å²) in [5, 5.41) is 2.94. The van der Waals surface area contributed by atoms with Gasteiger partial charge in [0, 0.05) is 24.6 Å². The molecule has 0 heterocycles. The molecule has 0 saturated carbocycles. The van der Waals surface area contributed by atoms with Crippen LogP contribution in [0.1, 0.15) is 43.9 Å². The fraction of sp³-hybridized carbons (Fsp3) is 0.381. The lowest BCUT2D eigenvalue weighted by atomic mass is 10.0. The number of nitrogens with two attached hydrogens (primary N) is 1. The van der Waals surface area contributed by atoms with E-state index >= 15 is 0 Å². The molecule has 0 aliphatic carbocycles. The lowest BCUT2D eigenvalue weighted by Gasteiger charge is -2.14. The van der Waals surface area contributed by atoms with Crippen LogP contribution in [0.25, 0.3) is 0 Å². The Morgan fingerprint density at radius 1 is 1.08 bits per heavy atom. The maximum atomic E-state index is 12.2. The number of amides is 1. The zero-order chi connectivity index (χ0) is 18.1. The highest BCUT2D eigenvalue weighted by atomic mass is 16.5. The number of carbonyl (C=O) groups is 1. The minimum absolute atomic E-state index is 0.0617. The number of benzene rings is 2. The average molecular weight is 340 g/mol. The molecule has 25 heavy (non-hydrogen) atoms. The number of nitrogens with one attached hydrogen (secondary N) is 1. The van der Waals surface area contributed by atoms with Gasteiger partial charge in [-0.3, -0.25) is 4.79 Å². The van der Waals surface area contributed by atoms with Gasteiger partial charge >= 0.3 is 0 Å². The first-order valence-electron chi connectivity index (χ1n) is 8.84. The number of para-hydroxylation sites is 1. The molecule has 0 aliphatic heterocycles. The number of hydrogen-bond donors (Lipinski definition) is 2. The van der Waals surface area contributed by atoms with Gasteiger partial charge in [-0.25, -0.2) is 0 Å². The molecule has 0 saturated heterocycles. The molecule has 0 spiro atoms. The van der Waals surface area contributed by atoms with Gasteiger partial charge in [0.15, 0.2) is 0 Å². The van der Waals surface area contributed by atoms with Crippen LogP contribution in [0.2, 0.25) is 0 Å². The maximum Gasteiger partial charge on any atom is 0.222 e. The van der Waals surface area contributed by atoms with Gasteiger partial charge in [0.05, 0.1) is 6.61 Å². The van der Waals surface area contributed by atoms with Crippen LogP contribution in [0.5, 0.6) is 5.75 Å². The average Bonchev–Trinajstić information content (AvgIpc) is 2.61. The van der Waals surface area contributed by atoms with Gasteiger partial charge < -0.3 is 15.8 Å². The van der Waals surface area contributed by atoms with Gasteiger partial charge in [0.1, 0.15) is 5.75 Å². The predicted octanol–water partition coefficient (Wildman–Crippen LogP) is 3.82. The summed E-state index contributed by atoms with van der Waals surface area (Å²) < 4.78 is 5.85. The highest BCUT2D eigenvalue weighted by Gasteiger charge is 2.12. The first-order valence-corrected chi connectivity index (χ1v) is 8.84. The maximum absolute atomic E-state index is 12.2. The van der Waals surface area contributed by atoms with E-state index in [1.54, 1.807) is 0 Å². The Labute approximate surface area is 150 Å². The Hall–Kier alpha value is -2.33. The van der Waals surface area contributed by atoms with E-state index in [-0.39, 0.29) is 18.4 Å². The van der Waals surface area contributed by atoms with Crippen molar-refractivity contribution in [3.05, 3.63) is 65.7 Å². The smallest absolute Gasteiger partial charge is 0.222 e. The normalized spacial score (nSPS) is 12.0. The standard InChI is InChI=1S/C21H28N2O2/c1-16(2)12-13-25-20-11-7-6-10-18(20)15-23-21(24)14-19(22)17-8-4-3-5-9-17/h3-11,16,19H,12-15,22H2,1-2H3,(H,23,24). The van der Waals surface area contributed by atoms with Gasteiger partial charge in [0.25, 0.3) is 0 Å². The number of hydrogen-bond acceptors (Lipinski definition) is 3. The van der Waals surface area contributed by atoms with Crippen molar-refractivity contribution in [2.75, 3.05) is 6.61 Å². The third kappa shape index (κ3) is 6.59. The molecule has 1 unspecified atom stereocenters. The van der Waals surface area contributed by atoms with Crippen molar-refractivity contribution in [3.63, 3.8) is 0 Å². The minimum Gasteiger partial charge on any atom is -0.493 e. The molecular weight excluding hydrogens is 312 g/mol. The SMILES string of the molecule is CC(C)CCOc1ccccc1CNC(=O)CC(N)c1ccccc1. The molecule has 0 radical (unpaired) electrons. The van der Waals surface area contributed by atoms with Crippen molar-refractivity contribution >= 4 is 5.91 Å². The molecule has 134 valence electrons. The lowest BCUT2D eigenvalue weighted by Crippen LogP contribution is -2.27. The molecule has 2 aromatic rings. The van der Waals surface area contributed by atoms with E-state index in [9.17, 15) is 4.79 Å². The number of carbonyl (C=O) groups excluding carboxylic acids is 1. The first-order chi connectivity index (χ1) is 12.1. The summed E-state index contributed by atoms with van der Waals surface area (Å²) in [6.45, 7) is 5.47. The summed E-state index contributed by atoms with van der Waals surface area (Å²) in [5.74, 6) is 1.37. The molecule has 2 rings (SSSR count). The molecular formula is C21H28N2O2. The summed E-state index contributed by atoms with van der Waals surface area (Å²) >= 11 is 0. The summed E-state index contributed by atoms with van der Waals surface area (Å²) in [6.07, 6.45) is 1.27. The van der Waals surface area contributed by atoms with Crippen LogP contribution in [-0.4, -0.2) is 12.5 Å². The van der Waals surface area contributed by atoms with Crippen molar-refractivity contribution in [1.82, 2.24) is 5.32 Å². The quantitative estimate of drug-likeness (QED) is 0.729. The van der Waals surface area contributed by atoms with Crippen LogP contribution in [-0.2, 0) is 11.3 Å². The topological polar surface area (TPSA) is 64.3 Å². The van der Waals surface area contributed by atoms with Crippen molar-refractivity contribution in [2.45, 2.75) is 39.3 Å². The summed E-state index contributed by atoms with van der Waals surface area (Å²) in [5.41, 5.74) is 8.05. The lowest BCUT2D eigenvalue weighted by molar-refractivity contribution is -0.121. The third-order valence-corrected chi connectivity index (χ3v) is 4.03. The Balaban J connectivity index is 1.85. The van der Waals surface area contributed by atoms with E-state index in [1.165, 1.54) is 0 Å². The van der Waals surface area contributed by atoms with Crippen LogP contribution in [0.3, 0.4) is 0 Å². The molecule has 0 fully saturated rings. The Morgan fingerprint density at radius 3 is 2.48 bits per heavy atom. The van der Waals surface area contributed by atoms with Crippen molar-refractivity contribution in [1.29, 1.82) is 0 Å². The predicted molar refractivity (Wildman–Crippen MR) is 101 cm³/mol. The summed E-state index contributed by atoms with van der Waals surface area (Å²) in [6, 6.07) is 17.2. The van der Waals surface area contributed by atoms with Gasteiger partial charge in [-0.1, -0.05) is 62.4 Å². The second kappa shape index (κ2) is 9.84. The Bertz CT molecular complexity index is 656. The molecule has 0 aliphatic rings. The van der Waals surface area contributed by atoms with E-state index in [1.807, 2.05) is 54.6 Å². The molecule has 0 aromatic heterocycles. The largest absolute Gasteiger partial charge is 0.493 e. The van der Waals surface area contributed by atoms with Crippen LogP contribution >= 0.6 is 0 Å². The van der Waals surface area contributed by atoms with Crippen LogP contribution < -0.4 is 15.8 Å². The Kier molecular flexibility index (Phi) is 7.48. The van der Waals surface area contributed by atoms with Gasteiger partial charge in [-0.15, -0.1) is 0 Å². The van der Waals surface area contributed by atoms with Gasteiger partial charge in [0.2, 0.25) is 5.91 Å². The Morgan fingerprint density at radius 2 is 1.76 bits per heavy atom. The fourth-order valence-electron chi connectivity index (χ4n) is 2.48. The van der Waals surface area contributed by atoms with Crippen LogP contribution in [0.4, 0.5) is 0 Å². The third-order valence-electron chi connectivity index (χ3n) is 4.03. The van der Waals surface area contributed by atoms with Crippen molar-refractivity contribution in [2.24, 2.45) is 11.7 Å². The van der Waals surface area contributed by atoms with Crippen molar-refractivity contribution < 1.29 is 9.53 Å². The van der Waals surface area contributed by atoms with E-state index in [0.717, 1.165) is 23.3 Å².